The van der Waals surface area contributed by atoms with Gasteiger partial charge in [0.15, 0.2) is 0 Å². The molecular formula is C13H16BrNO. The Morgan fingerprint density at radius 1 is 1.31 bits per heavy atom. The smallest absolute Gasteiger partial charge is 0.254 e. The standard InChI is InChI=1S/C13H16BrNO/c1-9-7-10(2)15(8-9)13(16)11-3-5-12(14)6-4-11/h3-6,9-10H,7-8H2,1-2H3. The molecule has 86 valence electrons. The summed E-state index contributed by atoms with van der Waals surface area (Å²) in [4.78, 5) is 14.2. The van der Waals surface area contributed by atoms with E-state index in [0.717, 1.165) is 23.0 Å². The van der Waals surface area contributed by atoms with Gasteiger partial charge in [-0.25, -0.2) is 0 Å². The van der Waals surface area contributed by atoms with Gasteiger partial charge in [-0.05, 0) is 43.5 Å². The first-order chi connectivity index (χ1) is 7.58. The summed E-state index contributed by atoms with van der Waals surface area (Å²) < 4.78 is 1.01. The first-order valence-electron chi connectivity index (χ1n) is 5.64. The van der Waals surface area contributed by atoms with E-state index in [9.17, 15) is 4.79 Å². The lowest BCUT2D eigenvalue weighted by atomic mass is 10.1. The van der Waals surface area contributed by atoms with Gasteiger partial charge in [0.05, 0.1) is 0 Å². The molecule has 2 unspecified atom stereocenters. The normalized spacial score (nSPS) is 24.8. The molecule has 0 spiro atoms. The molecule has 2 atom stereocenters. The lowest BCUT2D eigenvalue weighted by molar-refractivity contribution is 0.0744. The summed E-state index contributed by atoms with van der Waals surface area (Å²) in [6, 6.07) is 7.95. The summed E-state index contributed by atoms with van der Waals surface area (Å²) >= 11 is 3.37. The van der Waals surface area contributed by atoms with Crippen molar-refractivity contribution in [2.45, 2.75) is 26.3 Å². The summed E-state index contributed by atoms with van der Waals surface area (Å²) in [5.41, 5.74) is 0.782. The molecule has 1 aliphatic heterocycles. The average Bonchev–Trinajstić information content (AvgIpc) is 2.58. The number of benzene rings is 1. The number of nitrogens with zero attached hydrogens (tertiary/aromatic N) is 1. The van der Waals surface area contributed by atoms with E-state index in [0.29, 0.717) is 12.0 Å². The predicted molar refractivity (Wildman–Crippen MR) is 68.4 cm³/mol. The second-order valence-corrected chi connectivity index (χ2v) is 5.57. The number of likely N-dealkylation sites (tertiary alicyclic amines) is 1. The van der Waals surface area contributed by atoms with Gasteiger partial charge in [0.1, 0.15) is 0 Å². The summed E-state index contributed by atoms with van der Waals surface area (Å²) in [6.07, 6.45) is 1.11. The number of hydrogen-bond acceptors (Lipinski definition) is 1. The number of rotatable bonds is 1. The second-order valence-electron chi connectivity index (χ2n) is 4.65. The Bertz CT molecular complexity index is 387. The molecule has 2 rings (SSSR count). The van der Waals surface area contributed by atoms with E-state index in [2.05, 4.69) is 29.8 Å². The molecule has 0 bridgehead atoms. The van der Waals surface area contributed by atoms with Crippen LogP contribution in [0, 0.1) is 5.92 Å². The van der Waals surface area contributed by atoms with Crippen molar-refractivity contribution >= 4 is 21.8 Å². The van der Waals surface area contributed by atoms with E-state index >= 15 is 0 Å². The van der Waals surface area contributed by atoms with Gasteiger partial charge in [-0.1, -0.05) is 22.9 Å². The van der Waals surface area contributed by atoms with E-state index in [1.807, 2.05) is 29.2 Å². The van der Waals surface area contributed by atoms with Crippen molar-refractivity contribution in [1.29, 1.82) is 0 Å². The highest BCUT2D eigenvalue weighted by atomic mass is 79.9. The Balaban J connectivity index is 2.16. The van der Waals surface area contributed by atoms with Crippen molar-refractivity contribution < 1.29 is 4.79 Å². The molecule has 1 aromatic carbocycles. The van der Waals surface area contributed by atoms with Crippen LogP contribution < -0.4 is 0 Å². The highest BCUT2D eigenvalue weighted by Gasteiger charge is 2.30. The van der Waals surface area contributed by atoms with Crippen LogP contribution in [0.15, 0.2) is 28.7 Å². The van der Waals surface area contributed by atoms with Crippen molar-refractivity contribution in [2.75, 3.05) is 6.54 Å². The third-order valence-electron chi connectivity index (χ3n) is 3.14. The minimum atomic E-state index is 0.157. The van der Waals surface area contributed by atoms with Crippen molar-refractivity contribution in [3.05, 3.63) is 34.3 Å². The van der Waals surface area contributed by atoms with E-state index in [1.54, 1.807) is 0 Å². The van der Waals surface area contributed by atoms with Crippen LogP contribution in [-0.4, -0.2) is 23.4 Å². The fourth-order valence-electron chi connectivity index (χ4n) is 2.34. The number of carbonyl (C=O) groups excluding carboxylic acids is 1. The highest BCUT2D eigenvalue weighted by molar-refractivity contribution is 9.10. The van der Waals surface area contributed by atoms with Crippen LogP contribution in [-0.2, 0) is 0 Å². The van der Waals surface area contributed by atoms with Crippen LogP contribution >= 0.6 is 15.9 Å². The molecule has 0 aromatic heterocycles. The fourth-order valence-corrected chi connectivity index (χ4v) is 2.61. The molecule has 16 heavy (non-hydrogen) atoms. The van der Waals surface area contributed by atoms with E-state index in [-0.39, 0.29) is 5.91 Å². The van der Waals surface area contributed by atoms with Gasteiger partial charge in [0.2, 0.25) is 0 Å². The molecule has 3 heteroatoms. The molecule has 1 amide bonds. The predicted octanol–water partition coefficient (Wildman–Crippen LogP) is 3.32. The maximum Gasteiger partial charge on any atom is 0.254 e. The minimum absolute atomic E-state index is 0.157. The van der Waals surface area contributed by atoms with Crippen LogP contribution in [0.4, 0.5) is 0 Å². The molecular weight excluding hydrogens is 266 g/mol. The Kier molecular flexibility index (Phi) is 3.33. The highest BCUT2D eigenvalue weighted by Crippen LogP contribution is 2.24. The second kappa shape index (κ2) is 4.58. The maximum atomic E-state index is 12.2. The van der Waals surface area contributed by atoms with Crippen LogP contribution in [0.2, 0.25) is 0 Å². The first-order valence-corrected chi connectivity index (χ1v) is 6.43. The summed E-state index contributed by atoms with van der Waals surface area (Å²) in [6.45, 7) is 5.21. The first kappa shape index (κ1) is 11.6. The van der Waals surface area contributed by atoms with Gasteiger partial charge in [-0.15, -0.1) is 0 Å². The summed E-state index contributed by atoms with van der Waals surface area (Å²) in [5.74, 6) is 0.777. The average molecular weight is 282 g/mol. The third-order valence-corrected chi connectivity index (χ3v) is 3.66. The number of halogens is 1. The van der Waals surface area contributed by atoms with Crippen LogP contribution in [0.25, 0.3) is 0 Å². The van der Waals surface area contributed by atoms with Gasteiger partial charge in [0.25, 0.3) is 5.91 Å². The lowest BCUT2D eigenvalue weighted by Gasteiger charge is -2.21. The van der Waals surface area contributed by atoms with Crippen LogP contribution in [0.3, 0.4) is 0 Å². The maximum absolute atomic E-state index is 12.2. The van der Waals surface area contributed by atoms with Gasteiger partial charge in [-0.2, -0.15) is 0 Å². The van der Waals surface area contributed by atoms with E-state index < -0.39 is 0 Å². The van der Waals surface area contributed by atoms with Crippen molar-refractivity contribution in [2.24, 2.45) is 5.92 Å². The number of hydrogen-bond donors (Lipinski definition) is 0. The molecule has 1 fully saturated rings. The molecule has 1 saturated heterocycles. The Morgan fingerprint density at radius 3 is 2.44 bits per heavy atom. The summed E-state index contributed by atoms with van der Waals surface area (Å²) in [5, 5.41) is 0. The zero-order chi connectivity index (χ0) is 11.7. The molecule has 0 aliphatic carbocycles. The van der Waals surface area contributed by atoms with Crippen molar-refractivity contribution in [1.82, 2.24) is 4.90 Å². The summed E-state index contributed by atoms with van der Waals surface area (Å²) in [7, 11) is 0. The SMILES string of the molecule is CC1CC(C)N(C(=O)c2ccc(Br)cc2)C1. The van der Waals surface area contributed by atoms with Gasteiger partial charge >= 0.3 is 0 Å². The molecule has 0 N–H and O–H groups in total. The monoisotopic (exact) mass is 281 g/mol. The zero-order valence-electron chi connectivity index (χ0n) is 9.61. The van der Waals surface area contributed by atoms with Crippen LogP contribution in [0.1, 0.15) is 30.6 Å². The quantitative estimate of drug-likeness (QED) is 0.773. The topological polar surface area (TPSA) is 20.3 Å². The number of amides is 1. The molecule has 1 aliphatic rings. The van der Waals surface area contributed by atoms with E-state index in [1.165, 1.54) is 0 Å². The molecule has 1 aromatic rings. The van der Waals surface area contributed by atoms with Gasteiger partial charge in [0, 0.05) is 22.6 Å². The van der Waals surface area contributed by atoms with Gasteiger partial charge < -0.3 is 4.90 Å². The Labute approximate surface area is 105 Å². The largest absolute Gasteiger partial charge is 0.336 e. The lowest BCUT2D eigenvalue weighted by Crippen LogP contribution is -2.33. The molecule has 0 saturated carbocycles. The minimum Gasteiger partial charge on any atom is -0.336 e. The molecule has 2 nitrogen and oxygen atoms in total. The van der Waals surface area contributed by atoms with Gasteiger partial charge in [-0.3, -0.25) is 4.79 Å². The zero-order valence-corrected chi connectivity index (χ0v) is 11.2. The van der Waals surface area contributed by atoms with Crippen molar-refractivity contribution in [3.63, 3.8) is 0 Å². The van der Waals surface area contributed by atoms with Crippen LogP contribution in [0.5, 0.6) is 0 Å². The number of carbonyl (C=O) groups is 1. The molecule has 1 heterocycles. The Hall–Kier alpha value is -0.830. The molecule has 0 radical (unpaired) electrons. The fraction of sp³-hybridized carbons (Fsp3) is 0.462. The van der Waals surface area contributed by atoms with E-state index in [4.69, 9.17) is 0 Å². The van der Waals surface area contributed by atoms with Crippen molar-refractivity contribution in [3.8, 4) is 0 Å². The Morgan fingerprint density at radius 2 is 1.94 bits per heavy atom. The third kappa shape index (κ3) is 2.29.